The molecule has 0 N–H and O–H groups in total. The number of hydrogen-bond donors (Lipinski definition) is 0. The molecule has 0 aromatic heterocycles. The van der Waals surface area contributed by atoms with Gasteiger partial charge in [0.25, 0.3) is 0 Å². The molecule has 2 rings (SSSR count). The van der Waals surface area contributed by atoms with E-state index in [-0.39, 0.29) is 11.5 Å². The Kier molecular flexibility index (Phi) is 3.74. The molecule has 1 atom stereocenters. The fourth-order valence-corrected chi connectivity index (χ4v) is 1.77. The fourth-order valence-electron chi connectivity index (χ4n) is 1.77. The van der Waals surface area contributed by atoms with E-state index in [1.54, 1.807) is 13.0 Å². The van der Waals surface area contributed by atoms with Gasteiger partial charge < -0.3 is 9.47 Å². The number of esters is 1. The van der Waals surface area contributed by atoms with E-state index < -0.39 is 11.8 Å². The number of aryl methyl sites for hydroxylation is 1. The Labute approximate surface area is 99.5 Å². The molecule has 0 bridgehead atoms. The normalized spacial score (nSPS) is 19.3. The summed E-state index contributed by atoms with van der Waals surface area (Å²) in [4.78, 5) is 11.6. The molecular weight excluding hydrogens is 223 g/mol. The van der Waals surface area contributed by atoms with Crippen LogP contribution in [0.5, 0.6) is 0 Å². The number of hydrogen-bond acceptors (Lipinski definition) is 3. The lowest BCUT2D eigenvalue weighted by Crippen LogP contribution is -2.15. The Hall–Kier alpha value is -1.42. The predicted octanol–water partition coefficient (Wildman–Crippen LogP) is 2.33. The lowest BCUT2D eigenvalue weighted by Gasteiger charge is -2.09. The largest absolute Gasteiger partial charge is 0.462 e. The van der Waals surface area contributed by atoms with Crippen molar-refractivity contribution in [3.8, 4) is 0 Å². The van der Waals surface area contributed by atoms with Crippen LogP contribution in [0.1, 0.15) is 22.3 Å². The molecule has 0 aliphatic carbocycles. The van der Waals surface area contributed by atoms with Crippen molar-refractivity contribution in [2.75, 3.05) is 19.8 Å². The van der Waals surface area contributed by atoms with Gasteiger partial charge in [-0.3, -0.25) is 0 Å². The standard InChI is InChI=1S/C13H15FO3/c1-9-2-3-11(12(14)6-9)13(15)17-8-10-4-5-16-7-10/h2-3,6,10H,4-5,7-8H2,1H3. The van der Waals surface area contributed by atoms with Crippen LogP contribution in [0, 0.1) is 18.7 Å². The van der Waals surface area contributed by atoms with Crippen molar-refractivity contribution in [3.63, 3.8) is 0 Å². The summed E-state index contributed by atoms with van der Waals surface area (Å²) in [6.07, 6.45) is 0.893. The van der Waals surface area contributed by atoms with Gasteiger partial charge in [0.2, 0.25) is 0 Å². The maximum absolute atomic E-state index is 13.5. The Bertz CT molecular complexity index is 411. The van der Waals surface area contributed by atoms with Crippen LogP contribution < -0.4 is 0 Å². The van der Waals surface area contributed by atoms with Crippen LogP contribution in [0.4, 0.5) is 4.39 Å². The number of rotatable bonds is 3. The Morgan fingerprint density at radius 2 is 2.41 bits per heavy atom. The van der Waals surface area contributed by atoms with Crippen molar-refractivity contribution >= 4 is 5.97 Å². The highest BCUT2D eigenvalue weighted by Crippen LogP contribution is 2.15. The van der Waals surface area contributed by atoms with E-state index in [4.69, 9.17) is 9.47 Å². The number of ether oxygens (including phenoxy) is 2. The van der Waals surface area contributed by atoms with Gasteiger partial charge in [-0.2, -0.15) is 0 Å². The first-order valence-electron chi connectivity index (χ1n) is 5.68. The van der Waals surface area contributed by atoms with E-state index in [1.165, 1.54) is 12.1 Å². The molecular formula is C13H15FO3. The molecule has 1 saturated heterocycles. The molecule has 1 aliphatic heterocycles. The summed E-state index contributed by atoms with van der Waals surface area (Å²) in [6, 6.07) is 4.48. The van der Waals surface area contributed by atoms with Gasteiger partial charge in [-0.05, 0) is 31.0 Å². The van der Waals surface area contributed by atoms with Crippen molar-refractivity contribution < 1.29 is 18.7 Å². The molecule has 3 nitrogen and oxygen atoms in total. The van der Waals surface area contributed by atoms with E-state index in [0.29, 0.717) is 19.8 Å². The van der Waals surface area contributed by atoms with Gasteiger partial charge in [0.1, 0.15) is 5.82 Å². The SMILES string of the molecule is Cc1ccc(C(=O)OCC2CCOC2)c(F)c1. The summed E-state index contributed by atoms with van der Waals surface area (Å²) in [6.45, 7) is 3.39. The molecule has 1 heterocycles. The van der Waals surface area contributed by atoms with Crippen LogP contribution in [0.3, 0.4) is 0 Å². The average Bonchev–Trinajstić information content (AvgIpc) is 2.78. The van der Waals surface area contributed by atoms with Crippen LogP contribution in [0.2, 0.25) is 0 Å². The monoisotopic (exact) mass is 238 g/mol. The van der Waals surface area contributed by atoms with E-state index in [1.807, 2.05) is 0 Å². The van der Waals surface area contributed by atoms with Crippen LogP contribution >= 0.6 is 0 Å². The Morgan fingerprint density at radius 1 is 1.59 bits per heavy atom. The minimum Gasteiger partial charge on any atom is -0.462 e. The van der Waals surface area contributed by atoms with Crippen molar-refractivity contribution in [1.29, 1.82) is 0 Å². The zero-order chi connectivity index (χ0) is 12.3. The third-order valence-electron chi connectivity index (χ3n) is 2.82. The second-order valence-electron chi connectivity index (χ2n) is 4.31. The van der Waals surface area contributed by atoms with Gasteiger partial charge >= 0.3 is 5.97 Å². The van der Waals surface area contributed by atoms with E-state index in [2.05, 4.69) is 0 Å². The van der Waals surface area contributed by atoms with Crippen LogP contribution in [-0.2, 0) is 9.47 Å². The highest BCUT2D eigenvalue weighted by molar-refractivity contribution is 5.89. The van der Waals surface area contributed by atoms with Crippen LogP contribution in [0.15, 0.2) is 18.2 Å². The van der Waals surface area contributed by atoms with E-state index in [9.17, 15) is 9.18 Å². The molecule has 1 aromatic rings. The summed E-state index contributed by atoms with van der Waals surface area (Å²) >= 11 is 0. The maximum Gasteiger partial charge on any atom is 0.341 e. The van der Waals surface area contributed by atoms with Crippen LogP contribution in [-0.4, -0.2) is 25.8 Å². The molecule has 1 unspecified atom stereocenters. The quantitative estimate of drug-likeness (QED) is 0.758. The van der Waals surface area contributed by atoms with Gasteiger partial charge in [0.05, 0.1) is 18.8 Å². The van der Waals surface area contributed by atoms with Gasteiger partial charge in [-0.15, -0.1) is 0 Å². The van der Waals surface area contributed by atoms with Crippen molar-refractivity contribution in [2.24, 2.45) is 5.92 Å². The summed E-state index contributed by atoms with van der Waals surface area (Å²) in [5, 5.41) is 0. The smallest absolute Gasteiger partial charge is 0.341 e. The first kappa shape index (κ1) is 12.0. The maximum atomic E-state index is 13.5. The van der Waals surface area contributed by atoms with Crippen molar-refractivity contribution in [1.82, 2.24) is 0 Å². The zero-order valence-corrected chi connectivity index (χ0v) is 9.74. The molecule has 4 heteroatoms. The van der Waals surface area contributed by atoms with E-state index >= 15 is 0 Å². The lowest BCUT2D eigenvalue weighted by atomic mass is 10.1. The molecule has 0 amide bonds. The molecule has 0 radical (unpaired) electrons. The molecule has 92 valence electrons. The molecule has 17 heavy (non-hydrogen) atoms. The second kappa shape index (κ2) is 5.27. The molecule has 1 aliphatic rings. The minimum absolute atomic E-state index is 0.00508. The molecule has 1 aromatic carbocycles. The fraction of sp³-hybridized carbons (Fsp3) is 0.462. The minimum atomic E-state index is -0.602. The Morgan fingerprint density at radius 3 is 3.06 bits per heavy atom. The molecule has 0 saturated carbocycles. The van der Waals surface area contributed by atoms with Gasteiger partial charge in [-0.1, -0.05) is 6.07 Å². The molecule has 0 spiro atoms. The number of benzene rings is 1. The van der Waals surface area contributed by atoms with Gasteiger partial charge in [0.15, 0.2) is 0 Å². The van der Waals surface area contributed by atoms with Crippen LogP contribution in [0.25, 0.3) is 0 Å². The second-order valence-corrected chi connectivity index (χ2v) is 4.31. The van der Waals surface area contributed by atoms with Crippen molar-refractivity contribution in [2.45, 2.75) is 13.3 Å². The lowest BCUT2D eigenvalue weighted by molar-refractivity contribution is 0.0423. The first-order chi connectivity index (χ1) is 8.16. The topological polar surface area (TPSA) is 35.5 Å². The summed E-state index contributed by atoms with van der Waals surface area (Å²) in [7, 11) is 0. The van der Waals surface area contributed by atoms with Gasteiger partial charge in [-0.25, -0.2) is 9.18 Å². The number of carbonyl (C=O) groups excluding carboxylic acids is 1. The highest BCUT2D eigenvalue weighted by atomic mass is 19.1. The van der Waals surface area contributed by atoms with Gasteiger partial charge in [0, 0.05) is 12.5 Å². The predicted molar refractivity (Wildman–Crippen MR) is 60.3 cm³/mol. The van der Waals surface area contributed by atoms with E-state index in [0.717, 1.165) is 12.0 Å². The summed E-state index contributed by atoms with van der Waals surface area (Å²) < 4.78 is 23.7. The first-order valence-corrected chi connectivity index (χ1v) is 5.68. The summed E-state index contributed by atoms with van der Waals surface area (Å²) in [5.41, 5.74) is 0.776. The average molecular weight is 238 g/mol. The summed E-state index contributed by atoms with van der Waals surface area (Å²) in [5.74, 6) is -0.889. The van der Waals surface area contributed by atoms with Crippen molar-refractivity contribution in [3.05, 3.63) is 35.1 Å². The molecule has 1 fully saturated rings. The third kappa shape index (κ3) is 3.03. The zero-order valence-electron chi connectivity index (χ0n) is 9.74. The third-order valence-corrected chi connectivity index (χ3v) is 2.82. The highest BCUT2D eigenvalue weighted by Gasteiger charge is 2.19. The Balaban J connectivity index is 1.94. The number of carbonyl (C=O) groups is 1. The number of halogens is 1.